The number of rotatable bonds is 2. The van der Waals surface area contributed by atoms with Crippen LogP contribution in [0.3, 0.4) is 0 Å². The quantitative estimate of drug-likeness (QED) is 0.697. The molecule has 2 aliphatic heterocycles. The maximum Gasteiger partial charge on any atom is 0.270 e. The van der Waals surface area contributed by atoms with Gasteiger partial charge in [-0.2, -0.15) is 0 Å². The number of fused-ring (bicyclic) bond motifs is 1. The summed E-state index contributed by atoms with van der Waals surface area (Å²) in [5, 5.41) is 5.27. The van der Waals surface area contributed by atoms with Crippen molar-refractivity contribution in [2.75, 3.05) is 18.8 Å². The lowest BCUT2D eigenvalue weighted by Crippen LogP contribution is -2.48. The third-order valence-electron chi connectivity index (χ3n) is 4.34. The standard InChI is InChI=1S/C13H14N4O4S/c18-11-3-9(15-16-11)7-5-17(6-7)13(19)12-8-1-2-22(20,21)10(8)4-14-12/h3-4,7,14H,1-2,5-6H2,(H2,15,16,18). The number of carbonyl (C=O) groups is 1. The van der Waals surface area contributed by atoms with E-state index in [1.165, 1.54) is 12.3 Å². The summed E-state index contributed by atoms with van der Waals surface area (Å²) in [5.74, 6) is -0.0121. The van der Waals surface area contributed by atoms with E-state index in [4.69, 9.17) is 0 Å². The van der Waals surface area contributed by atoms with Crippen molar-refractivity contribution in [3.05, 3.63) is 39.6 Å². The summed E-state index contributed by atoms with van der Waals surface area (Å²) in [4.78, 5) is 28.3. The van der Waals surface area contributed by atoms with Gasteiger partial charge in [0.1, 0.15) is 5.69 Å². The van der Waals surface area contributed by atoms with Crippen LogP contribution in [0.25, 0.3) is 0 Å². The van der Waals surface area contributed by atoms with E-state index in [1.54, 1.807) is 4.90 Å². The zero-order valence-corrected chi connectivity index (χ0v) is 12.4. The molecule has 0 aromatic carbocycles. The van der Waals surface area contributed by atoms with Gasteiger partial charge in [0.15, 0.2) is 9.84 Å². The van der Waals surface area contributed by atoms with Crippen molar-refractivity contribution in [1.82, 2.24) is 20.1 Å². The maximum absolute atomic E-state index is 12.5. The second-order valence-electron chi connectivity index (χ2n) is 5.70. The summed E-state index contributed by atoms with van der Waals surface area (Å²) in [6.07, 6.45) is 1.79. The lowest BCUT2D eigenvalue weighted by Gasteiger charge is -2.38. The minimum absolute atomic E-state index is 0.0693. The molecular formula is C13H14N4O4S. The van der Waals surface area contributed by atoms with Gasteiger partial charge < -0.3 is 15.0 Å². The number of likely N-dealkylation sites (tertiary alicyclic amines) is 1. The lowest BCUT2D eigenvalue weighted by molar-refractivity contribution is 0.0592. The number of hydrogen-bond acceptors (Lipinski definition) is 4. The highest BCUT2D eigenvalue weighted by atomic mass is 32.2. The minimum atomic E-state index is -3.23. The fourth-order valence-electron chi connectivity index (χ4n) is 3.06. The van der Waals surface area contributed by atoms with E-state index in [0.717, 1.165) is 5.69 Å². The molecule has 1 fully saturated rings. The molecule has 9 heteroatoms. The fourth-order valence-corrected chi connectivity index (χ4v) is 4.58. The van der Waals surface area contributed by atoms with E-state index < -0.39 is 9.84 Å². The molecule has 22 heavy (non-hydrogen) atoms. The molecule has 116 valence electrons. The second-order valence-corrected chi connectivity index (χ2v) is 7.77. The zero-order chi connectivity index (χ0) is 15.5. The summed E-state index contributed by atoms with van der Waals surface area (Å²) in [7, 11) is -3.23. The molecule has 8 nitrogen and oxygen atoms in total. The monoisotopic (exact) mass is 322 g/mol. The normalized spacial score (nSPS) is 19.9. The number of carbonyl (C=O) groups excluding carboxylic acids is 1. The smallest absolute Gasteiger partial charge is 0.270 e. The average molecular weight is 322 g/mol. The van der Waals surface area contributed by atoms with Crippen LogP contribution in [0.15, 0.2) is 22.0 Å². The van der Waals surface area contributed by atoms with Crippen molar-refractivity contribution < 1.29 is 13.2 Å². The van der Waals surface area contributed by atoms with Crippen molar-refractivity contribution in [1.29, 1.82) is 0 Å². The first-order valence-electron chi connectivity index (χ1n) is 6.95. The summed E-state index contributed by atoms with van der Waals surface area (Å²) in [6.45, 7) is 1.01. The van der Waals surface area contributed by atoms with Crippen LogP contribution in [0.2, 0.25) is 0 Å². The Morgan fingerprint density at radius 1 is 1.27 bits per heavy atom. The average Bonchev–Trinajstić information content (AvgIpc) is 3.06. The molecule has 4 heterocycles. The number of aromatic nitrogens is 3. The Labute approximate surface area is 125 Å². The minimum Gasteiger partial charge on any atom is -0.356 e. The summed E-state index contributed by atoms with van der Waals surface area (Å²) in [5.41, 5.74) is 1.57. The van der Waals surface area contributed by atoms with Crippen LogP contribution < -0.4 is 5.56 Å². The van der Waals surface area contributed by atoms with Gasteiger partial charge in [-0.3, -0.25) is 14.7 Å². The van der Waals surface area contributed by atoms with Crippen LogP contribution in [0, 0.1) is 0 Å². The summed E-state index contributed by atoms with van der Waals surface area (Å²) >= 11 is 0. The SMILES string of the molecule is O=C(c1[nH]cc2c1CCS2(=O)=O)N1CC(c2cc(=O)[nH][nH]2)C1. The number of nitrogens with one attached hydrogen (secondary N) is 3. The first-order valence-corrected chi connectivity index (χ1v) is 8.61. The first kappa shape index (κ1) is 13.4. The molecule has 4 rings (SSSR count). The predicted octanol–water partition coefficient (Wildman–Crippen LogP) is -0.400. The number of sulfone groups is 1. The van der Waals surface area contributed by atoms with Gasteiger partial charge in [-0.25, -0.2) is 8.42 Å². The molecule has 3 N–H and O–H groups in total. The van der Waals surface area contributed by atoms with Crippen molar-refractivity contribution in [2.24, 2.45) is 0 Å². The van der Waals surface area contributed by atoms with Gasteiger partial charge in [0.25, 0.3) is 11.5 Å². The molecule has 2 aromatic rings. The topological polar surface area (TPSA) is 119 Å². The Kier molecular flexibility index (Phi) is 2.65. The zero-order valence-electron chi connectivity index (χ0n) is 11.5. The molecular weight excluding hydrogens is 308 g/mol. The van der Waals surface area contributed by atoms with E-state index >= 15 is 0 Å². The highest BCUT2D eigenvalue weighted by Crippen LogP contribution is 2.32. The number of H-pyrrole nitrogens is 3. The molecule has 0 aliphatic carbocycles. The van der Waals surface area contributed by atoms with Gasteiger partial charge in [-0.1, -0.05) is 0 Å². The number of hydrogen-bond donors (Lipinski definition) is 3. The Balaban J connectivity index is 1.52. The number of aromatic amines is 3. The largest absolute Gasteiger partial charge is 0.356 e. The van der Waals surface area contributed by atoms with E-state index in [0.29, 0.717) is 30.8 Å². The van der Waals surface area contributed by atoms with Crippen molar-refractivity contribution in [3.63, 3.8) is 0 Å². The molecule has 2 aromatic heterocycles. The van der Waals surface area contributed by atoms with Crippen LogP contribution >= 0.6 is 0 Å². The Morgan fingerprint density at radius 3 is 2.73 bits per heavy atom. The van der Waals surface area contributed by atoms with Crippen molar-refractivity contribution in [2.45, 2.75) is 17.2 Å². The van der Waals surface area contributed by atoms with Crippen LogP contribution in [-0.4, -0.2) is 53.2 Å². The molecule has 0 atom stereocenters. The van der Waals surface area contributed by atoms with Crippen LogP contribution in [0.4, 0.5) is 0 Å². The number of nitrogens with zero attached hydrogens (tertiary/aromatic N) is 1. The van der Waals surface area contributed by atoms with E-state index in [9.17, 15) is 18.0 Å². The van der Waals surface area contributed by atoms with Gasteiger partial charge in [0, 0.05) is 42.5 Å². The molecule has 2 aliphatic rings. The van der Waals surface area contributed by atoms with Gasteiger partial charge in [0.2, 0.25) is 0 Å². The van der Waals surface area contributed by atoms with Crippen LogP contribution in [0.1, 0.15) is 27.7 Å². The molecule has 0 saturated carbocycles. The van der Waals surface area contributed by atoms with Gasteiger partial charge in [0.05, 0.1) is 10.6 Å². The van der Waals surface area contributed by atoms with Gasteiger partial charge in [-0.15, -0.1) is 0 Å². The highest BCUT2D eigenvalue weighted by molar-refractivity contribution is 7.91. The molecule has 0 radical (unpaired) electrons. The lowest BCUT2D eigenvalue weighted by atomic mass is 9.95. The molecule has 1 amide bonds. The Morgan fingerprint density at radius 2 is 2.05 bits per heavy atom. The van der Waals surface area contributed by atoms with Gasteiger partial charge >= 0.3 is 0 Å². The van der Waals surface area contributed by atoms with Crippen molar-refractivity contribution >= 4 is 15.7 Å². The number of amides is 1. The van der Waals surface area contributed by atoms with E-state index in [1.807, 2.05) is 0 Å². The Bertz CT molecular complexity index is 914. The molecule has 0 unspecified atom stereocenters. The maximum atomic E-state index is 12.5. The van der Waals surface area contributed by atoms with Gasteiger partial charge in [-0.05, 0) is 6.42 Å². The third-order valence-corrected chi connectivity index (χ3v) is 6.12. The molecule has 0 bridgehead atoms. The summed E-state index contributed by atoms with van der Waals surface area (Å²) < 4.78 is 23.6. The highest BCUT2D eigenvalue weighted by Gasteiger charge is 2.37. The molecule has 0 spiro atoms. The molecule has 1 saturated heterocycles. The van der Waals surface area contributed by atoms with Crippen molar-refractivity contribution in [3.8, 4) is 0 Å². The first-order chi connectivity index (χ1) is 10.5. The Hall–Kier alpha value is -2.29. The van der Waals surface area contributed by atoms with Crippen LogP contribution in [-0.2, 0) is 16.3 Å². The van der Waals surface area contributed by atoms with E-state index in [2.05, 4.69) is 15.2 Å². The van der Waals surface area contributed by atoms with E-state index in [-0.39, 0.29) is 28.0 Å². The van der Waals surface area contributed by atoms with Crippen LogP contribution in [0.5, 0.6) is 0 Å². The second kappa shape index (κ2) is 4.35. The summed E-state index contributed by atoms with van der Waals surface area (Å²) in [6, 6.07) is 1.49. The third kappa shape index (κ3) is 1.85. The fraction of sp³-hybridized carbons (Fsp3) is 0.385. The predicted molar refractivity (Wildman–Crippen MR) is 76.6 cm³/mol.